The Bertz CT molecular complexity index is 1210. The molecule has 0 radical (unpaired) electrons. The van der Waals surface area contributed by atoms with Gasteiger partial charge in [-0.2, -0.15) is 0 Å². The number of anilines is 1. The molecule has 0 spiro atoms. The highest BCUT2D eigenvalue weighted by molar-refractivity contribution is 7.25. The van der Waals surface area contributed by atoms with Crippen molar-refractivity contribution < 1.29 is 14.6 Å². The molecule has 3 aromatic heterocycles. The van der Waals surface area contributed by atoms with E-state index >= 15 is 0 Å². The number of rotatable bonds is 5. The van der Waals surface area contributed by atoms with Gasteiger partial charge >= 0.3 is 0 Å². The second-order valence-corrected chi connectivity index (χ2v) is 7.40. The Morgan fingerprint density at radius 3 is 2.71 bits per heavy atom. The molecule has 28 heavy (non-hydrogen) atoms. The Morgan fingerprint density at radius 2 is 2.00 bits per heavy atom. The van der Waals surface area contributed by atoms with E-state index < -0.39 is 6.10 Å². The van der Waals surface area contributed by atoms with Crippen molar-refractivity contribution in [2.45, 2.75) is 6.10 Å². The van der Waals surface area contributed by atoms with E-state index in [1.54, 1.807) is 24.2 Å². The number of likely N-dealkylation sites (N-methyl/N-ethyl adjacent to an activating group) is 1. The van der Waals surface area contributed by atoms with Gasteiger partial charge in [0.1, 0.15) is 27.2 Å². The molecular weight excluding hydrogens is 383 g/mol. The summed E-state index contributed by atoms with van der Waals surface area (Å²) in [6.07, 6.45) is 2.17. The van der Waals surface area contributed by atoms with Crippen LogP contribution in [-0.2, 0) is 0 Å². The maximum atomic E-state index is 13.2. The van der Waals surface area contributed by atoms with Crippen LogP contribution in [0.2, 0.25) is 0 Å². The number of thiophene rings is 1. The molecular formula is C19H17FN4O3S. The number of hydrogen-bond acceptors (Lipinski definition) is 7. The average molecular weight is 400 g/mol. The monoisotopic (exact) mass is 400 g/mol. The van der Waals surface area contributed by atoms with E-state index in [9.17, 15) is 14.3 Å². The number of fused-ring (bicyclic) bond motifs is 3. The molecule has 0 aliphatic heterocycles. The first-order valence-corrected chi connectivity index (χ1v) is 9.36. The molecule has 0 saturated carbocycles. The van der Waals surface area contributed by atoms with E-state index in [0.29, 0.717) is 20.7 Å². The van der Waals surface area contributed by atoms with Crippen LogP contribution in [-0.4, -0.2) is 51.1 Å². The Hall–Kier alpha value is -2.88. The smallest absolute Gasteiger partial charge is 0.275 e. The van der Waals surface area contributed by atoms with Crippen LogP contribution in [0.3, 0.4) is 0 Å². The van der Waals surface area contributed by atoms with Gasteiger partial charge in [-0.3, -0.25) is 9.36 Å². The third kappa shape index (κ3) is 3.13. The van der Waals surface area contributed by atoms with Crippen molar-refractivity contribution in [2.75, 3.05) is 25.1 Å². The van der Waals surface area contributed by atoms with Crippen molar-refractivity contribution >= 4 is 37.5 Å². The maximum Gasteiger partial charge on any atom is 0.275 e. The van der Waals surface area contributed by atoms with Crippen molar-refractivity contribution in [1.29, 1.82) is 0 Å². The average Bonchev–Trinajstić information content (AvgIpc) is 3.08. The highest BCUT2D eigenvalue weighted by Crippen LogP contribution is 2.35. The van der Waals surface area contributed by atoms with Gasteiger partial charge in [0, 0.05) is 19.8 Å². The number of aliphatic hydroxyl groups excluding tert-OH is 2. The summed E-state index contributed by atoms with van der Waals surface area (Å²) in [5, 5.41) is 19.6. The van der Waals surface area contributed by atoms with Crippen LogP contribution in [0.1, 0.15) is 0 Å². The lowest BCUT2D eigenvalue weighted by molar-refractivity contribution is 0.101. The van der Waals surface area contributed by atoms with Crippen molar-refractivity contribution in [3.63, 3.8) is 0 Å². The van der Waals surface area contributed by atoms with E-state index in [0.717, 1.165) is 11.1 Å². The summed E-state index contributed by atoms with van der Waals surface area (Å²) < 4.78 is 15.0. The molecule has 1 unspecified atom stereocenters. The Labute approximate surface area is 162 Å². The second-order valence-electron chi connectivity index (χ2n) is 6.40. The molecule has 4 rings (SSSR count). The van der Waals surface area contributed by atoms with Crippen LogP contribution in [0.25, 0.3) is 26.1 Å². The molecule has 0 fully saturated rings. The zero-order valence-electron chi connectivity index (χ0n) is 14.9. The van der Waals surface area contributed by atoms with Gasteiger partial charge in [-0.15, -0.1) is 11.3 Å². The summed E-state index contributed by atoms with van der Waals surface area (Å²) in [7, 11) is 1.79. The number of nitrogens with zero attached hydrogens (tertiary/aromatic N) is 4. The number of pyridine rings is 1. The first-order chi connectivity index (χ1) is 13.5. The molecule has 0 amide bonds. The molecule has 2 N–H and O–H groups in total. The molecule has 144 valence electrons. The highest BCUT2D eigenvalue weighted by Gasteiger charge is 2.19. The first-order valence-electron chi connectivity index (χ1n) is 8.54. The van der Waals surface area contributed by atoms with Crippen LogP contribution in [0.15, 0.2) is 47.7 Å². The van der Waals surface area contributed by atoms with Crippen LogP contribution in [0.5, 0.6) is 0 Å². The minimum atomic E-state index is -0.887. The van der Waals surface area contributed by atoms with E-state index in [2.05, 4.69) is 9.97 Å². The third-order valence-electron chi connectivity index (χ3n) is 4.47. The minimum absolute atomic E-state index is 0.222. The lowest BCUT2D eigenvalue weighted by Crippen LogP contribution is -2.31. The van der Waals surface area contributed by atoms with Crippen molar-refractivity contribution in [2.24, 2.45) is 0 Å². The summed E-state index contributed by atoms with van der Waals surface area (Å²) in [5.74, 6) is -0.380. The molecule has 0 bridgehead atoms. The predicted molar refractivity (Wildman–Crippen MR) is 107 cm³/mol. The topological polar surface area (TPSA) is 91.5 Å². The number of aromatic nitrogens is 3. The fraction of sp³-hybridized carbons (Fsp3) is 0.211. The van der Waals surface area contributed by atoms with Crippen LogP contribution in [0, 0.1) is 5.82 Å². The molecule has 9 heteroatoms. The van der Waals surface area contributed by atoms with Gasteiger partial charge < -0.3 is 15.1 Å². The first kappa shape index (κ1) is 18.5. The van der Waals surface area contributed by atoms with E-state index in [4.69, 9.17) is 5.11 Å². The van der Waals surface area contributed by atoms with Crippen LogP contribution in [0.4, 0.5) is 10.1 Å². The number of halogens is 1. The van der Waals surface area contributed by atoms with Gasteiger partial charge in [-0.05, 0) is 30.3 Å². The van der Waals surface area contributed by atoms with E-state index in [1.807, 2.05) is 0 Å². The number of benzene rings is 1. The molecule has 3 heterocycles. The predicted octanol–water partition coefficient (Wildman–Crippen LogP) is 1.92. The summed E-state index contributed by atoms with van der Waals surface area (Å²) >= 11 is 1.24. The lowest BCUT2D eigenvalue weighted by Gasteiger charge is -2.22. The van der Waals surface area contributed by atoms with Gasteiger partial charge in [0.2, 0.25) is 0 Å². The highest BCUT2D eigenvalue weighted by atomic mass is 32.1. The van der Waals surface area contributed by atoms with Crippen molar-refractivity contribution in [3.8, 4) is 5.69 Å². The maximum absolute atomic E-state index is 13.2. The lowest BCUT2D eigenvalue weighted by atomic mass is 10.2. The van der Waals surface area contributed by atoms with Gasteiger partial charge in [-0.1, -0.05) is 0 Å². The molecule has 0 aliphatic carbocycles. The fourth-order valence-electron chi connectivity index (χ4n) is 3.11. The summed E-state index contributed by atoms with van der Waals surface area (Å²) in [6.45, 7) is -0.122. The summed E-state index contributed by atoms with van der Waals surface area (Å²) in [6, 6.07) is 7.40. The Balaban J connectivity index is 1.89. The minimum Gasteiger partial charge on any atom is -0.394 e. The quantitative estimate of drug-likeness (QED) is 0.532. The van der Waals surface area contributed by atoms with Crippen molar-refractivity contribution in [3.05, 3.63) is 59.0 Å². The van der Waals surface area contributed by atoms with Gasteiger partial charge in [0.25, 0.3) is 5.56 Å². The summed E-state index contributed by atoms with van der Waals surface area (Å²) in [4.78, 5) is 24.3. The molecule has 7 nitrogen and oxygen atoms in total. The van der Waals surface area contributed by atoms with Gasteiger partial charge in [-0.25, -0.2) is 14.4 Å². The molecule has 1 atom stereocenters. The molecule has 0 aliphatic rings. The zero-order valence-corrected chi connectivity index (χ0v) is 15.7. The van der Waals surface area contributed by atoms with Crippen molar-refractivity contribution in [1.82, 2.24) is 14.5 Å². The molecule has 4 aromatic rings. The number of hydrogen-bond donors (Lipinski definition) is 2. The largest absolute Gasteiger partial charge is 0.394 e. The van der Waals surface area contributed by atoms with Gasteiger partial charge in [0.15, 0.2) is 0 Å². The Morgan fingerprint density at radius 1 is 1.25 bits per heavy atom. The normalized spacial score (nSPS) is 12.6. The van der Waals surface area contributed by atoms with E-state index in [1.165, 1.54) is 46.5 Å². The third-order valence-corrected chi connectivity index (χ3v) is 5.55. The van der Waals surface area contributed by atoms with Crippen LogP contribution < -0.4 is 10.5 Å². The molecule has 0 saturated heterocycles. The second kappa shape index (κ2) is 7.27. The number of aliphatic hydroxyl groups is 2. The SMILES string of the molecule is CN(CC(O)CO)c1ccnc2sc3c(=O)n(-c4ccc(F)cc4)cnc3c12. The zero-order chi connectivity index (χ0) is 19.8. The fourth-order valence-corrected chi connectivity index (χ4v) is 4.16. The standard InChI is InChI=1S/C19H17FN4O3S/c1-23(8-13(26)9-25)14-6-7-21-18-15(14)16-17(28-18)19(27)24(10-22-16)12-4-2-11(20)3-5-12/h2-7,10,13,25-26H,8-9H2,1H3. The molecule has 1 aromatic carbocycles. The van der Waals surface area contributed by atoms with E-state index in [-0.39, 0.29) is 24.5 Å². The Kier molecular flexibility index (Phi) is 4.80. The van der Waals surface area contributed by atoms with Gasteiger partial charge in [0.05, 0.1) is 29.5 Å². The van der Waals surface area contributed by atoms with Crippen LogP contribution >= 0.6 is 11.3 Å². The summed E-state index contributed by atoms with van der Waals surface area (Å²) in [5.41, 5.74) is 1.55.